The van der Waals surface area contributed by atoms with Crippen molar-refractivity contribution in [1.82, 2.24) is 0 Å². The van der Waals surface area contributed by atoms with E-state index in [0.29, 0.717) is 0 Å². The van der Waals surface area contributed by atoms with Gasteiger partial charge in [0.1, 0.15) is 0 Å². The Kier molecular flexibility index (Phi) is 3.70. The molecule has 0 saturated heterocycles. The third-order valence-corrected chi connectivity index (χ3v) is 7.12. The molecule has 4 aromatic carbocycles. The van der Waals surface area contributed by atoms with Gasteiger partial charge in [0.15, 0.2) is 0 Å². The van der Waals surface area contributed by atoms with Crippen molar-refractivity contribution in [2.24, 2.45) is 0 Å². The van der Waals surface area contributed by atoms with Crippen LogP contribution >= 0.6 is 11.8 Å². The van der Waals surface area contributed by atoms with Gasteiger partial charge in [-0.25, -0.2) is 0 Å². The van der Waals surface area contributed by atoms with Crippen LogP contribution < -0.4 is 0 Å². The highest BCUT2D eigenvalue weighted by atomic mass is 32.2. The minimum Gasteiger partial charge on any atom is -0.125 e. The summed E-state index contributed by atoms with van der Waals surface area (Å²) in [5.41, 5.74) is 10.2. The van der Waals surface area contributed by atoms with E-state index in [1.165, 1.54) is 54.6 Å². The normalized spacial score (nSPS) is 15.1. The van der Waals surface area contributed by atoms with E-state index in [-0.39, 0.29) is 0 Å². The molecule has 0 N–H and O–H groups in total. The fourth-order valence-corrected chi connectivity index (χ4v) is 5.90. The average Bonchev–Trinajstić information content (AvgIpc) is 2.77. The zero-order valence-corrected chi connectivity index (χ0v) is 16.4. The first-order chi connectivity index (χ1) is 13.9. The van der Waals surface area contributed by atoms with Gasteiger partial charge in [0, 0.05) is 10.6 Å². The van der Waals surface area contributed by atoms with Crippen molar-refractivity contribution >= 4 is 33.7 Å². The molecule has 134 valence electrons. The van der Waals surface area contributed by atoms with Crippen LogP contribution in [0.15, 0.2) is 89.8 Å². The summed E-state index contributed by atoms with van der Waals surface area (Å²) < 4.78 is 0. The molecule has 1 aliphatic heterocycles. The number of thioether (sulfide) groups is 1. The standard InChI is InChI=1S/C27H20S/c1-4-10-21-18(7-1)13-14-25-27(21)24(15-16-28-25)26-22-11-5-2-8-19(22)17-20-9-3-6-12-23(20)26/h1-14H,15-17H2. The largest absolute Gasteiger partial charge is 0.125 e. The quantitative estimate of drug-likeness (QED) is 0.275. The maximum Gasteiger partial charge on any atom is 0.0154 e. The Morgan fingerprint density at radius 2 is 1.32 bits per heavy atom. The van der Waals surface area contributed by atoms with E-state index >= 15 is 0 Å². The SMILES string of the molecule is c1ccc2c(c1)Cc1ccccc1C2=C1CCSc2ccc3ccccc3c21. The highest BCUT2D eigenvalue weighted by Gasteiger charge is 2.27. The Hall–Kier alpha value is -2.77. The lowest BCUT2D eigenvalue weighted by Gasteiger charge is -2.29. The lowest BCUT2D eigenvalue weighted by Crippen LogP contribution is -2.10. The second-order valence-electron chi connectivity index (χ2n) is 7.60. The Balaban J connectivity index is 1.76. The van der Waals surface area contributed by atoms with Crippen LogP contribution in [-0.4, -0.2) is 5.75 Å². The van der Waals surface area contributed by atoms with Crippen LogP contribution in [0.2, 0.25) is 0 Å². The Bertz CT molecular complexity index is 1210. The van der Waals surface area contributed by atoms with Crippen LogP contribution in [0.5, 0.6) is 0 Å². The number of hydrogen-bond acceptors (Lipinski definition) is 1. The van der Waals surface area contributed by atoms with Crippen molar-refractivity contribution in [3.8, 4) is 0 Å². The number of benzene rings is 4. The third-order valence-electron chi connectivity index (χ3n) is 6.06. The predicted octanol–water partition coefficient (Wildman–Crippen LogP) is 7.20. The molecule has 1 heteroatoms. The molecule has 1 aliphatic carbocycles. The van der Waals surface area contributed by atoms with Crippen LogP contribution in [0.3, 0.4) is 0 Å². The molecule has 0 fully saturated rings. The zero-order chi connectivity index (χ0) is 18.5. The van der Waals surface area contributed by atoms with Gasteiger partial charge in [0.05, 0.1) is 0 Å². The number of allylic oxidation sites excluding steroid dienone is 1. The van der Waals surface area contributed by atoms with Crippen molar-refractivity contribution in [2.45, 2.75) is 17.7 Å². The van der Waals surface area contributed by atoms with E-state index in [0.717, 1.165) is 18.6 Å². The van der Waals surface area contributed by atoms with Crippen molar-refractivity contribution in [1.29, 1.82) is 0 Å². The predicted molar refractivity (Wildman–Crippen MR) is 121 cm³/mol. The Morgan fingerprint density at radius 1 is 0.643 bits per heavy atom. The number of fused-ring (bicyclic) bond motifs is 5. The molecule has 0 bridgehead atoms. The van der Waals surface area contributed by atoms with Crippen molar-refractivity contribution in [3.05, 3.63) is 113 Å². The summed E-state index contributed by atoms with van der Waals surface area (Å²) >= 11 is 2.00. The van der Waals surface area contributed by atoms with E-state index in [2.05, 4.69) is 84.9 Å². The second-order valence-corrected chi connectivity index (χ2v) is 8.74. The van der Waals surface area contributed by atoms with Crippen LogP contribution in [0, 0.1) is 0 Å². The Labute approximate surface area is 169 Å². The molecule has 0 amide bonds. The van der Waals surface area contributed by atoms with Gasteiger partial charge in [0.25, 0.3) is 0 Å². The van der Waals surface area contributed by atoms with E-state index < -0.39 is 0 Å². The van der Waals surface area contributed by atoms with Crippen LogP contribution in [0.4, 0.5) is 0 Å². The van der Waals surface area contributed by atoms with E-state index in [1.54, 1.807) is 0 Å². The maximum absolute atomic E-state index is 2.32. The lowest BCUT2D eigenvalue weighted by molar-refractivity contribution is 1.13. The molecule has 28 heavy (non-hydrogen) atoms. The highest BCUT2D eigenvalue weighted by molar-refractivity contribution is 7.99. The summed E-state index contributed by atoms with van der Waals surface area (Å²) in [6, 6.07) is 31.4. The molecule has 2 aliphatic rings. The molecule has 0 aromatic heterocycles. The summed E-state index contributed by atoms with van der Waals surface area (Å²) in [5, 5.41) is 2.72. The maximum atomic E-state index is 2.32. The summed E-state index contributed by atoms with van der Waals surface area (Å²) in [6.07, 6.45) is 2.14. The Morgan fingerprint density at radius 3 is 2.11 bits per heavy atom. The van der Waals surface area contributed by atoms with E-state index in [9.17, 15) is 0 Å². The van der Waals surface area contributed by atoms with Gasteiger partial charge in [0.2, 0.25) is 0 Å². The first kappa shape index (κ1) is 16.2. The van der Waals surface area contributed by atoms with Crippen LogP contribution in [-0.2, 0) is 6.42 Å². The molecule has 0 unspecified atom stereocenters. The van der Waals surface area contributed by atoms with Gasteiger partial charge in [-0.05, 0) is 68.6 Å². The molecule has 4 aromatic rings. The molecule has 0 atom stereocenters. The number of hydrogen-bond donors (Lipinski definition) is 0. The molecule has 0 nitrogen and oxygen atoms in total. The fraction of sp³-hybridized carbons (Fsp3) is 0.111. The van der Waals surface area contributed by atoms with Crippen molar-refractivity contribution < 1.29 is 0 Å². The second kappa shape index (κ2) is 6.39. The van der Waals surface area contributed by atoms with E-state index in [1.807, 2.05) is 11.8 Å². The summed E-state index contributed by atoms with van der Waals surface area (Å²) in [6.45, 7) is 0. The van der Waals surface area contributed by atoms with Gasteiger partial charge >= 0.3 is 0 Å². The van der Waals surface area contributed by atoms with Gasteiger partial charge in [-0.3, -0.25) is 0 Å². The summed E-state index contributed by atoms with van der Waals surface area (Å²) in [4.78, 5) is 1.42. The van der Waals surface area contributed by atoms with Crippen LogP contribution in [0.1, 0.15) is 34.2 Å². The van der Waals surface area contributed by atoms with Gasteiger partial charge in [-0.15, -0.1) is 11.8 Å². The average molecular weight is 377 g/mol. The van der Waals surface area contributed by atoms with Crippen molar-refractivity contribution in [2.75, 3.05) is 5.75 Å². The molecule has 0 spiro atoms. The zero-order valence-electron chi connectivity index (χ0n) is 15.6. The summed E-state index contributed by atoms with van der Waals surface area (Å²) in [7, 11) is 0. The molecule has 0 radical (unpaired) electrons. The molecule has 6 rings (SSSR count). The minimum atomic E-state index is 1.03. The minimum absolute atomic E-state index is 1.03. The van der Waals surface area contributed by atoms with Crippen LogP contribution in [0.25, 0.3) is 21.9 Å². The first-order valence-electron chi connectivity index (χ1n) is 9.95. The molecular formula is C27H20S. The third kappa shape index (κ3) is 2.40. The molecular weight excluding hydrogens is 356 g/mol. The molecule has 1 heterocycles. The monoisotopic (exact) mass is 376 g/mol. The van der Waals surface area contributed by atoms with E-state index in [4.69, 9.17) is 0 Å². The smallest absolute Gasteiger partial charge is 0.0154 e. The molecule has 0 saturated carbocycles. The van der Waals surface area contributed by atoms with Crippen molar-refractivity contribution in [3.63, 3.8) is 0 Å². The van der Waals surface area contributed by atoms with Gasteiger partial charge < -0.3 is 0 Å². The van der Waals surface area contributed by atoms with Gasteiger partial charge in [-0.1, -0.05) is 78.9 Å². The highest BCUT2D eigenvalue weighted by Crippen LogP contribution is 2.48. The number of rotatable bonds is 0. The first-order valence-corrected chi connectivity index (χ1v) is 10.9. The van der Waals surface area contributed by atoms with Gasteiger partial charge in [-0.2, -0.15) is 0 Å². The fourth-order valence-electron chi connectivity index (χ4n) is 4.83. The lowest BCUT2D eigenvalue weighted by atomic mass is 9.77. The summed E-state index contributed by atoms with van der Waals surface area (Å²) in [5.74, 6) is 1.15. The topological polar surface area (TPSA) is 0 Å².